The molecule has 3 rings (SSSR count). The summed E-state index contributed by atoms with van der Waals surface area (Å²) in [4.78, 5) is 14.4. The quantitative estimate of drug-likeness (QED) is 0.515. The third-order valence-electron chi connectivity index (χ3n) is 3.36. The zero-order valence-electron chi connectivity index (χ0n) is 10.2. The molecule has 2 atom stereocenters. The van der Waals surface area contributed by atoms with Crippen LogP contribution < -0.4 is 5.73 Å². The number of benzene rings is 1. The minimum Gasteiger partial charge on any atom is -0.398 e. The number of hydrogen-bond acceptors (Lipinski definition) is 6. The molecule has 1 saturated carbocycles. The lowest BCUT2D eigenvalue weighted by atomic mass is 10.1. The second-order valence-electron chi connectivity index (χ2n) is 4.81. The Morgan fingerprint density at radius 2 is 2.26 bits per heavy atom. The van der Waals surface area contributed by atoms with Crippen LogP contribution in [0.25, 0.3) is 11.5 Å². The third kappa shape index (κ3) is 2.03. The van der Waals surface area contributed by atoms with Gasteiger partial charge in [-0.1, -0.05) is 12.1 Å². The van der Waals surface area contributed by atoms with Crippen molar-refractivity contribution in [2.45, 2.75) is 19.3 Å². The van der Waals surface area contributed by atoms with Crippen molar-refractivity contribution in [3.05, 3.63) is 34.1 Å². The van der Waals surface area contributed by atoms with Gasteiger partial charge in [0.1, 0.15) is 0 Å². The van der Waals surface area contributed by atoms with Crippen LogP contribution in [0, 0.1) is 16.0 Å². The second kappa shape index (κ2) is 4.04. The Morgan fingerprint density at radius 3 is 2.84 bits per heavy atom. The predicted molar refractivity (Wildman–Crippen MR) is 67.3 cm³/mol. The van der Waals surface area contributed by atoms with Gasteiger partial charge in [0.2, 0.25) is 0 Å². The normalized spacial score (nSPS) is 21.3. The molecule has 2 N–H and O–H groups in total. The fraction of sp³-hybridized carbons (Fsp3) is 0.333. The van der Waals surface area contributed by atoms with Crippen LogP contribution in [0.5, 0.6) is 0 Å². The highest BCUT2D eigenvalue weighted by Gasteiger charge is 2.38. The van der Waals surface area contributed by atoms with Crippen molar-refractivity contribution in [1.29, 1.82) is 0 Å². The van der Waals surface area contributed by atoms with Gasteiger partial charge in [0.15, 0.2) is 5.82 Å². The average molecular weight is 260 g/mol. The van der Waals surface area contributed by atoms with Gasteiger partial charge in [-0.2, -0.15) is 4.98 Å². The van der Waals surface area contributed by atoms with Crippen LogP contribution in [-0.2, 0) is 0 Å². The lowest BCUT2D eigenvalue weighted by Crippen LogP contribution is -1.94. The highest BCUT2D eigenvalue weighted by Crippen LogP contribution is 2.46. The summed E-state index contributed by atoms with van der Waals surface area (Å²) in [6.07, 6.45) is 1.06. The van der Waals surface area contributed by atoms with Crippen LogP contribution in [0.1, 0.15) is 25.1 Å². The van der Waals surface area contributed by atoms with Crippen molar-refractivity contribution in [2.24, 2.45) is 5.92 Å². The Bertz CT molecular complexity index is 652. The number of nitrogens with zero attached hydrogens (tertiary/aromatic N) is 3. The standard InChI is InChI=1S/C12H12N4O3/c1-6-4-9(6)11-14-12(19-15-11)8-3-2-7(16(17)18)5-10(8)13/h2-3,5-6,9H,4,13H2,1H3. The molecule has 1 aliphatic carbocycles. The molecule has 1 fully saturated rings. The van der Waals surface area contributed by atoms with Gasteiger partial charge in [0.25, 0.3) is 11.6 Å². The number of aromatic nitrogens is 2. The Labute approximate surface area is 108 Å². The molecule has 0 aliphatic heterocycles. The summed E-state index contributed by atoms with van der Waals surface area (Å²) in [5, 5.41) is 14.6. The Balaban J connectivity index is 1.93. The van der Waals surface area contributed by atoms with E-state index >= 15 is 0 Å². The first-order chi connectivity index (χ1) is 9.06. The Morgan fingerprint density at radius 1 is 1.53 bits per heavy atom. The molecule has 19 heavy (non-hydrogen) atoms. The summed E-state index contributed by atoms with van der Waals surface area (Å²) in [5.74, 6) is 1.93. The fourth-order valence-electron chi connectivity index (χ4n) is 2.04. The van der Waals surface area contributed by atoms with Crippen LogP contribution >= 0.6 is 0 Å². The molecule has 1 aliphatic rings. The third-order valence-corrected chi connectivity index (χ3v) is 3.36. The maximum absolute atomic E-state index is 10.6. The minimum absolute atomic E-state index is 0.0585. The molecule has 7 heteroatoms. The number of nitrogen functional groups attached to an aromatic ring is 1. The number of anilines is 1. The molecular formula is C12H12N4O3. The molecule has 7 nitrogen and oxygen atoms in total. The topological polar surface area (TPSA) is 108 Å². The molecule has 0 bridgehead atoms. The van der Waals surface area contributed by atoms with E-state index in [9.17, 15) is 10.1 Å². The smallest absolute Gasteiger partial charge is 0.271 e. The number of nitro groups is 1. The first kappa shape index (κ1) is 11.6. The number of non-ortho nitro benzene ring substituents is 1. The fourth-order valence-corrected chi connectivity index (χ4v) is 2.04. The summed E-state index contributed by atoms with van der Waals surface area (Å²) in [6.45, 7) is 2.13. The molecular weight excluding hydrogens is 248 g/mol. The van der Waals surface area contributed by atoms with Crippen molar-refractivity contribution >= 4 is 11.4 Å². The second-order valence-corrected chi connectivity index (χ2v) is 4.81. The monoisotopic (exact) mass is 260 g/mol. The number of nitrogens with two attached hydrogens (primary N) is 1. The van der Waals surface area contributed by atoms with Crippen LogP contribution in [0.15, 0.2) is 22.7 Å². The van der Waals surface area contributed by atoms with Crippen LogP contribution in [0.4, 0.5) is 11.4 Å². The van der Waals surface area contributed by atoms with E-state index in [4.69, 9.17) is 10.3 Å². The highest BCUT2D eigenvalue weighted by molar-refractivity contribution is 5.72. The van der Waals surface area contributed by atoms with E-state index in [1.165, 1.54) is 18.2 Å². The molecule has 2 unspecified atom stereocenters. The van der Waals surface area contributed by atoms with E-state index in [2.05, 4.69) is 17.1 Å². The summed E-state index contributed by atoms with van der Waals surface area (Å²) in [7, 11) is 0. The van der Waals surface area contributed by atoms with Gasteiger partial charge >= 0.3 is 0 Å². The van der Waals surface area contributed by atoms with Crippen LogP contribution in [-0.4, -0.2) is 15.1 Å². The van der Waals surface area contributed by atoms with Crippen LogP contribution in [0.3, 0.4) is 0 Å². The van der Waals surface area contributed by atoms with E-state index in [-0.39, 0.29) is 11.4 Å². The highest BCUT2D eigenvalue weighted by atomic mass is 16.6. The lowest BCUT2D eigenvalue weighted by Gasteiger charge is -1.99. The molecule has 1 heterocycles. The maximum Gasteiger partial charge on any atom is 0.271 e. The zero-order valence-corrected chi connectivity index (χ0v) is 10.2. The molecule has 1 aromatic heterocycles. The first-order valence-electron chi connectivity index (χ1n) is 5.94. The van der Waals surface area contributed by atoms with E-state index in [1.807, 2.05) is 0 Å². The average Bonchev–Trinajstić information content (AvgIpc) is 2.91. The van der Waals surface area contributed by atoms with Gasteiger partial charge < -0.3 is 10.3 Å². The van der Waals surface area contributed by atoms with Crippen molar-refractivity contribution in [2.75, 3.05) is 5.73 Å². The van der Waals surface area contributed by atoms with E-state index in [0.29, 0.717) is 29.1 Å². The number of hydrogen-bond donors (Lipinski definition) is 1. The van der Waals surface area contributed by atoms with Gasteiger partial charge in [-0.25, -0.2) is 0 Å². The lowest BCUT2D eigenvalue weighted by molar-refractivity contribution is -0.384. The van der Waals surface area contributed by atoms with Crippen molar-refractivity contribution in [3.8, 4) is 11.5 Å². The molecule has 0 spiro atoms. The van der Waals surface area contributed by atoms with E-state index in [1.54, 1.807) is 0 Å². The SMILES string of the molecule is CC1CC1c1noc(-c2ccc([N+](=O)[O-])cc2N)n1. The molecule has 0 amide bonds. The summed E-state index contributed by atoms with van der Waals surface area (Å²) in [5.41, 5.74) is 6.51. The molecule has 2 aromatic rings. The van der Waals surface area contributed by atoms with Gasteiger partial charge in [-0.3, -0.25) is 10.1 Å². The predicted octanol–water partition coefficient (Wildman–Crippen LogP) is 2.35. The first-order valence-corrected chi connectivity index (χ1v) is 5.94. The Kier molecular flexibility index (Phi) is 2.48. The summed E-state index contributed by atoms with van der Waals surface area (Å²) < 4.78 is 5.17. The van der Waals surface area contributed by atoms with Crippen LogP contribution in [0.2, 0.25) is 0 Å². The molecule has 1 aromatic carbocycles. The van der Waals surface area contributed by atoms with Crippen molar-refractivity contribution < 1.29 is 9.45 Å². The summed E-state index contributed by atoms with van der Waals surface area (Å²) >= 11 is 0. The van der Waals surface area contributed by atoms with E-state index in [0.717, 1.165) is 6.42 Å². The van der Waals surface area contributed by atoms with E-state index < -0.39 is 4.92 Å². The Hall–Kier alpha value is -2.44. The molecule has 0 saturated heterocycles. The van der Waals surface area contributed by atoms with Crippen molar-refractivity contribution in [3.63, 3.8) is 0 Å². The molecule has 98 valence electrons. The summed E-state index contributed by atoms with van der Waals surface area (Å²) in [6, 6.07) is 4.19. The number of rotatable bonds is 3. The van der Waals surface area contributed by atoms with Crippen molar-refractivity contribution in [1.82, 2.24) is 10.1 Å². The van der Waals surface area contributed by atoms with Gasteiger partial charge in [0.05, 0.1) is 16.2 Å². The van der Waals surface area contributed by atoms with Gasteiger partial charge in [-0.05, 0) is 18.4 Å². The van der Waals surface area contributed by atoms with Gasteiger partial charge in [-0.15, -0.1) is 0 Å². The minimum atomic E-state index is -0.495. The zero-order chi connectivity index (χ0) is 13.6. The maximum atomic E-state index is 10.6. The largest absolute Gasteiger partial charge is 0.398 e. The number of nitro benzene ring substituents is 1. The van der Waals surface area contributed by atoms with Gasteiger partial charge in [0, 0.05) is 18.1 Å². The molecule has 0 radical (unpaired) electrons.